The minimum atomic E-state index is 0.840. The molecule has 0 saturated heterocycles. The van der Waals surface area contributed by atoms with E-state index in [9.17, 15) is 0 Å². The molecule has 0 unspecified atom stereocenters. The summed E-state index contributed by atoms with van der Waals surface area (Å²) in [6.45, 7) is 38.4. The summed E-state index contributed by atoms with van der Waals surface area (Å²) in [5.41, 5.74) is 7.36. The third-order valence-electron chi connectivity index (χ3n) is 8.60. The lowest BCUT2D eigenvalue weighted by Gasteiger charge is -1.91. The molecule has 6 rings (SSSR count). The van der Waals surface area contributed by atoms with Crippen LogP contribution in [0.3, 0.4) is 0 Å². The molecule has 69 heavy (non-hydrogen) atoms. The second kappa shape index (κ2) is 66.9. The van der Waals surface area contributed by atoms with Gasteiger partial charge in [0.05, 0.1) is 0 Å². The molecule has 3 aromatic carbocycles. The number of nitrogens with zero attached hydrogens (tertiary/aromatic N) is 3. The normalized spacial score (nSPS) is 8.48. The molecular weight excluding hydrogens is 1090 g/mol. The fourth-order valence-electron chi connectivity index (χ4n) is 3.03. The molecule has 3 nitrogen and oxygen atoms in total. The van der Waals surface area contributed by atoms with Crippen LogP contribution in [0.2, 0.25) is 5.02 Å². The molecule has 0 amide bonds. The lowest BCUT2D eigenvalue weighted by Crippen LogP contribution is -1.74. The molecule has 0 fully saturated rings. The van der Waals surface area contributed by atoms with E-state index < -0.39 is 0 Å². The number of hydrogen-bond donors (Lipinski definition) is 0. The fraction of sp³-hybridized carbons (Fsp3) is 0.476. The number of halogens is 3. The average molecular weight is 1190 g/mol. The Bertz CT molecular complexity index is 1550. The second-order valence-corrected chi connectivity index (χ2v) is 18.6. The Kier molecular flexibility index (Phi) is 75.0. The van der Waals surface area contributed by atoms with Crippen molar-refractivity contribution in [3.63, 3.8) is 0 Å². The van der Waals surface area contributed by atoms with Crippen LogP contribution in [0.1, 0.15) is 194 Å². The van der Waals surface area contributed by atoms with Crippen LogP contribution < -0.4 is 0 Å². The summed E-state index contributed by atoms with van der Waals surface area (Å²) >= 11 is 10.3. The van der Waals surface area contributed by atoms with Crippen molar-refractivity contribution in [1.29, 1.82) is 0 Å². The zero-order chi connectivity index (χ0) is 53.8. The van der Waals surface area contributed by atoms with Crippen molar-refractivity contribution in [1.82, 2.24) is 15.0 Å². The fourth-order valence-corrected chi connectivity index (χ4v) is 4.25. The number of rotatable bonds is 6. The lowest BCUT2D eigenvalue weighted by atomic mass is 10.2. The molecule has 0 radical (unpaired) electrons. The van der Waals surface area contributed by atoms with E-state index in [0.29, 0.717) is 0 Å². The van der Waals surface area contributed by atoms with E-state index in [4.69, 9.17) is 11.6 Å². The van der Waals surface area contributed by atoms with Gasteiger partial charge in [0.15, 0.2) is 0 Å². The van der Waals surface area contributed by atoms with Gasteiger partial charge >= 0.3 is 0 Å². The van der Waals surface area contributed by atoms with Crippen molar-refractivity contribution >= 4 is 56.8 Å². The highest BCUT2D eigenvalue weighted by Gasteiger charge is 1.87. The Morgan fingerprint density at radius 3 is 0.986 bits per heavy atom. The highest BCUT2D eigenvalue weighted by Crippen LogP contribution is 2.12. The molecular formula is C63H102ClI2N3. The van der Waals surface area contributed by atoms with Crippen LogP contribution in [0, 0.1) is 48.7 Å². The number of hydrogen-bond acceptors (Lipinski definition) is 3. The van der Waals surface area contributed by atoms with Crippen LogP contribution >= 0.6 is 56.8 Å². The molecule has 0 bridgehead atoms. The Morgan fingerprint density at radius 2 is 0.783 bits per heavy atom. The molecule has 3 aromatic heterocycles. The zero-order valence-electron chi connectivity index (χ0n) is 47.3. The van der Waals surface area contributed by atoms with E-state index in [-0.39, 0.29) is 0 Å². The standard InChI is InChI=1S/C7H7Cl.2C7H7I.3C6H7N.6C4H10/c1-6-4-2-3-5-7(6)8;1-6-3-2-4-7(8)5-6;1-6-4-2-3-5-7(6)8;1-6-2-4-7-5-3-6;1-6-3-2-4-7-5-6;1-6-4-2-3-5-7-6;6*1-3-4-2/h3*2-5H,1H3;3*2-5H,1H3;6*3-4H2,1-2H3. The van der Waals surface area contributed by atoms with Gasteiger partial charge in [0.2, 0.25) is 0 Å². The molecule has 390 valence electrons. The van der Waals surface area contributed by atoms with Crippen molar-refractivity contribution in [2.45, 2.75) is 202 Å². The number of pyridine rings is 3. The van der Waals surface area contributed by atoms with Crippen LogP contribution in [-0.4, -0.2) is 15.0 Å². The first-order chi connectivity index (χ1) is 33.1. The van der Waals surface area contributed by atoms with Crippen LogP contribution in [-0.2, 0) is 0 Å². The molecule has 0 N–H and O–H groups in total. The third-order valence-corrected chi connectivity index (χ3v) is 10.9. The van der Waals surface area contributed by atoms with Gasteiger partial charge in [-0.1, -0.05) is 238 Å². The largest absolute Gasteiger partial charge is 0.265 e. The molecule has 0 saturated carbocycles. The minimum Gasteiger partial charge on any atom is -0.265 e. The maximum absolute atomic E-state index is 5.71. The van der Waals surface area contributed by atoms with Crippen LogP contribution in [0.5, 0.6) is 0 Å². The van der Waals surface area contributed by atoms with E-state index in [1.165, 1.54) is 106 Å². The number of benzene rings is 3. The molecule has 0 aliphatic heterocycles. The van der Waals surface area contributed by atoms with E-state index in [0.717, 1.165) is 16.3 Å². The summed E-state index contributed by atoms with van der Waals surface area (Å²) in [7, 11) is 0. The van der Waals surface area contributed by atoms with Gasteiger partial charge in [0.1, 0.15) is 0 Å². The summed E-state index contributed by atoms with van der Waals surface area (Å²) < 4.78 is 2.65. The van der Waals surface area contributed by atoms with Gasteiger partial charge in [-0.3, -0.25) is 15.0 Å². The Balaban J connectivity index is -0.000000159. The molecule has 0 aliphatic rings. The van der Waals surface area contributed by atoms with Crippen molar-refractivity contribution in [2.24, 2.45) is 0 Å². The predicted molar refractivity (Wildman–Crippen MR) is 334 cm³/mol. The SMILES string of the molecule is CCCC.CCCC.CCCC.CCCC.CCCC.CCCC.Cc1cccc(I)c1.Cc1ccccc1Cl.Cc1ccccc1I.Cc1ccccn1.Cc1cccnc1.Cc1ccncc1. The molecule has 0 aliphatic carbocycles. The van der Waals surface area contributed by atoms with Crippen molar-refractivity contribution < 1.29 is 0 Å². The summed E-state index contributed by atoms with van der Waals surface area (Å²) in [6, 6.07) is 38.3. The van der Waals surface area contributed by atoms with Crippen molar-refractivity contribution in [2.75, 3.05) is 0 Å². The van der Waals surface area contributed by atoms with Gasteiger partial charge in [-0.05, 0) is 164 Å². The lowest BCUT2D eigenvalue weighted by molar-refractivity contribution is 0.886. The Labute approximate surface area is 461 Å². The molecule has 0 atom stereocenters. The van der Waals surface area contributed by atoms with Gasteiger partial charge in [0, 0.05) is 48.8 Å². The Hall–Kier alpha value is -3.14. The summed E-state index contributed by atoms with van der Waals surface area (Å²) in [4.78, 5) is 11.7. The zero-order valence-corrected chi connectivity index (χ0v) is 52.4. The number of unbranched alkanes of at least 4 members (excludes halogenated alkanes) is 6. The van der Waals surface area contributed by atoms with Crippen LogP contribution in [0.15, 0.2) is 146 Å². The first-order valence-electron chi connectivity index (χ1n) is 25.8. The van der Waals surface area contributed by atoms with Gasteiger partial charge in [-0.2, -0.15) is 0 Å². The van der Waals surface area contributed by atoms with E-state index in [2.05, 4.69) is 206 Å². The first kappa shape index (κ1) is 77.3. The predicted octanol–water partition coefficient (Wildman–Crippen LogP) is 22.9. The van der Waals surface area contributed by atoms with Gasteiger partial charge < -0.3 is 0 Å². The topological polar surface area (TPSA) is 38.7 Å². The molecule has 0 spiro atoms. The first-order valence-corrected chi connectivity index (χ1v) is 28.4. The maximum Gasteiger partial charge on any atom is 0.0435 e. The summed E-state index contributed by atoms with van der Waals surface area (Å²) in [6.07, 6.45) is 24.8. The number of aryl methyl sites for hydroxylation is 6. The quantitative estimate of drug-likeness (QED) is 0.156. The van der Waals surface area contributed by atoms with Gasteiger partial charge in [-0.25, -0.2) is 0 Å². The second-order valence-electron chi connectivity index (χ2n) is 15.8. The van der Waals surface area contributed by atoms with E-state index >= 15 is 0 Å². The third kappa shape index (κ3) is 74.0. The summed E-state index contributed by atoms with van der Waals surface area (Å²) in [5, 5.41) is 0.840. The number of aromatic nitrogens is 3. The molecule has 3 heterocycles. The molecule has 6 heteroatoms. The van der Waals surface area contributed by atoms with E-state index in [1.807, 2.05) is 101 Å². The van der Waals surface area contributed by atoms with Crippen LogP contribution in [0.25, 0.3) is 0 Å². The highest BCUT2D eigenvalue weighted by molar-refractivity contribution is 14.1. The van der Waals surface area contributed by atoms with Crippen molar-refractivity contribution in [3.8, 4) is 0 Å². The maximum atomic E-state index is 5.71. The average Bonchev–Trinajstić information content (AvgIpc) is 3.38. The minimum absolute atomic E-state index is 0.840. The van der Waals surface area contributed by atoms with Gasteiger partial charge in [-0.15, -0.1) is 0 Å². The Morgan fingerprint density at radius 1 is 0.362 bits per heavy atom. The van der Waals surface area contributed by atoms with Crippen molar-refractivity contribution in [3.05, 3.63) is 192 Å². The monoisotopic (exact) mass is 1190 g/mol. The van der Waals surface area contributed by atoms with Crippen LogP contribution in [0.4, 0.5) is 0 Å². The van der Waals surface area contributed by atoms with Gasteiger partial charge in [0.25, 0.3) is 0 Å². The summed E-state index contributed by atoms with van der Waals surface area (Å²) in [5.74, 6) is 0. The highest BCUT2D eigenvalue weighted by atomic mass is 127. The van der Waals surface area contributed by atoms with E-state index in [1.54, 1.807) is 24.8 Å². The smallest absolute Gasteiger partial charge is 0.0435 e. The molecule has 6 aromatic rings.